The van der Waals surface area contributed by atoms with Gasteiger partial charge in [-0.15, -0.1) is 11.3 Å². The van der Waals surface area contributed by atoms with Gasteiger partial charge in [-0.3, -0.25) is 0 Å². The van der Waals surface area contributed by atoms with E-state index >= 15 is 0 Å². The number of halogens is 1. The minimum atomic E-state index is -3.99. The van der Waals surface area contributed by atoms with Crippen LogP contribution in [0.3, 0.4) is 0 Å². The van der Waals surface area contributed by atoms with Crippen molar-refractivity contribution in [3.05, 3.63) is 63.5 Å². The van der Waals surface area contributed by atoms with Crippen LogP contribution in [-0.2, 0) is 10.0 Å². The standard InChI is InChI=1S/C21H21ClN2O4S2/c1-4-9-24(19-12-29-20(23-19)15-5-7-16(22)8-6-15)30(27,28)17-10-13(2)14(3)18(11-17)21(25)26/h5-8,10-12H,4,9H2,1-3H3,(H,25,26). The first-order chi connectivity index (χ1) is 14.1. The number of hydrogen-bond donors (Lipinski definition) is 1. The summed E-state index contributed by atoms with van der Waals surface area (Å²) in [6, 6.07) is 9.88. The highest BCUT2D eigenvalue weighted by Crippen LogP contribution is 2.32. The van der Waals surface area contributed by atoms with Gasteiger partial charge in [0.05, 0.1) is 10.5 Å². The minimum Gasteiger partial charge on any atom is -0.478 e. The first kappa shape index (κ1) is 22.3. The molecule has 6 nitrogen and oxygen atoms in total. The summed E-state index contributed by atoms with van der Waals surface area (Å²) in [5.41, 5.74) is 1.96. The Balaban J connectivity index is 2.06. The highest BCUT2D eigenvalue weighted by molar-refractivity contribution is 7.92. The van der Waals surface area contributed by atoms with Crippen LogP contribution in [0.25, 0.3) is 10.6 Å². The second kappa shape index (κ2) is 8.75. The molecule has 3 rings (SSSR count). The molecule has 1 aromatic heterocycles. The first-order valence-corrected chi connectivity index (χ1v) is 11.9. The number of nitrogens with zero attached hydrogens (tertiary/aromatic N) is 2. The quantitative estimate of drug-likeness (QED) is 0.506. The lowest BCUT2D eigenvalue weighted by Crippen LogP contribution is -2.32. The lowest BCUT2D eigenvalue weighted by Gasteiger charge is -2.22. The lowest BCUT2D eigenvalue weighted by molar-refractivity contribution is 0.0695. The normalized spacial score (nSPS) is 11.5. The number of hydrogen-bond acceptors (Lipinski definition) is 5. The average Bonchev–Trinajstić information content (AvgIpc) is 3.17. The number of carbonyl (C=O) groups is 1. The maximum Gasteiger partial charge on any atom is 0.336 e. The number of benzene rings is 2. The third kappa shape index (κ3) is 4.35. The molecule has 30 heavy (non-hydrogen) atoms. The van der Waals surface area contributed by atoms with Gasteiger partial charge in [-0.05, 0) is 55.7 Å². The van der Waals surface area contributed by atoms with Crippen molar-refractivity contribution in [2.75, 3.05) is 10.8 Å². The molecule has 0 radical (unpaired) electrons. The van der Waals surface area contributed by atoms with Crippen LogP contribution < -0.4 is 4.31 Å². The molecule has 0 fully saturated rings. The fraction of sp³-hybridized carbons (Fsp3) is 0.238. The van der Waals surface area contributed by atoms with E-state index in [4.69, 9.17) is 11.6 Å². The summed E-state index contributed by atoms with van der Waals surface area (Å²) < 4.78 is 28.1. The van der Waals surface area contributed by atoms with Gasteiger partial charge in [-0.2, -0.15) is 0 Å². The second-order valence-electron chi connectivity index (χ2n) is 6.81. The van der Waals surface area contributed by atoms with Crippen molar-refractivity contribution >= 4 is 44.7 Å². The van der Waals surface area contributed by atoms with E-state index in [1.807, 2.05) is 19.1 Å². The van der Waals surface area contributed by atoms with Gasteiger partial charge in [-0.1, -0.05) is 30.7 Å². The average molecular weight is 465 g/mol. The van der Waals surface area contributed by atoms with Crippen LogP contribution >= 0.6 is 22.9 Å². The number of aryl methyl sites for hydroxylation is 1. The number of carboxylic acids is 1. The predicted molar refractivity (Wildman–Crippen MR) is 120 cm³/mol. The van der Waals surface area contributed by atoms with E-state index in [-0.39, 0.29) is 17.0 Å². The SMILES string of the molecule is CCCN(c1csc(-c2ccc(Cl)cc2)n1)S(=O)(=O)c1cc(C)c(C)c(C(=O)O)c1. The monoisotopic (exact) mass is 464 g/mol. The Hall–Kier alpha value is -2.42. The number of aromatic nitrogens is 1. The van der Waals surface area contributed by atoms with Crippen molar-refractivity contribution in [3.63, 3.8) is 0 Å². The summed E-state index contributed by atoms with van der Waals surface area (Å²) in [6.07, 6.45) is 0.573. The van der Waals surface area contributed by atoms with Crippen molar-refractivity contribution in [2.45, 2.75) is 32.1 Å². The number of rotatable bonds is 7. The van der Waals surface area contributed by atoms with Crippen LogP contribution in [0.2, 0.25) is 5.02 Å². The van der Waals surface area contributed by atoms with Crippen LogP contribution in [-0.4, -0.2) is 31.0 Å². The molecule has 0 aliphatic heterocycles. The highest BCUT2D eigenvalue weighted by Gasteiger charge is 2.28. The van der Waals surface area contributed by atoms with E-state index in [0.717, 1.165) is 5.56 Å². The summed E-state index contributed by atoms with van der Waals surface area (Å²) in [6.45, 7) is 5.46. The molecule has 0 atom stereocenters. The Labute approximate surface area is 184 Å². The molecule has 1 N–H and O–H groups in total. The topological polar surface area (TPSA) is 87.6 Å². The van der Waals surface area contributed by atoms with Gasteiger partial charge in [0.25, 0.3) is 10.0 Å². The molecule has 0 spiro atoms. The van der Waals surface area contributed by atoms with Crippen molar-refractivity contribution < 1.29 is 18.3 Å². The van der Waals surface area contributed by atoms with Crippen LogP contribution in [0, 0.1) is 13.8 Å². The zero-order valence-corrected chi connectivity index (χ0v) is 19.1. The van der Waals surface area contributed by atoms with E-state index in [1.165, 1.54) is 27.8 Å². The molecule has 1 heterocycles. The third-order valence-electron chi connectivity index (χ3n) is 4.72. The molecular weight excluding hydrogens is 444 g/mol. The van der Waals surface area contributed by atoms with Crippen molar-refractivity contribution in [1.29, 1.82) is 0 Å². The number of aromatic carboxylic acids is 1. The summed E-state index contributed by atoms with van der Waals surface area (Å²) in [5, 5.41) is 12.4. The van der Waals surface area contributed by atoms with Crippen molar-refractivity contribution in [2.24, 2.45) is 0 Å². The molecule has 0 aliphatic rings. The molecule has 0 amide bonds. The van der Waals surface area contributed by atoms with Crippen LogP contribution in [0.1, 0.15) is 34.8 Å². The smallest absolute Gasteiger partial charge is 0.336 e. The molecule has 0 aliphatic carbocycles. The number of thiazole rings is 1. The zero-order valence-electron chi connectivity index (χ0n) is 16.7. The van der Waals surface area contributed by atoms with Gasteiger partial charge in [0.1, 0.15) is 5.01 Å². The highest BCUT2D eigenvalue weighted by atomic mass is 35.5. The second-order valence-corrected chi connectivity index (χ2v) is 9.97. The Kier molecular flexibility index (Phi) is 6.50. The number of carboxylic acid groups (broad SMARTS) is 1. The minimum absolute atomic E-state index is 0.0230. The van der Waals surface area contributed by atoms with Gasteiger partial charge < -0.3 is 5.11 Å². The summed E-state index contributed by atoms with van der Waals surface area (Å²) in [5.74, 6) is -0.852. The van der Waals surface area contributed by atoms with Crippen LogP contribution in [0.15, 0.2) is 46.7 Å². The van der Waals surface area contributed by atoms with E-state index in [2.05, 4.69) is 4.98 Å². The van der Waals surface area contributed by atoms with Crippen LogP contribution in [0.4, 0.5) is 5.82 Å². The third-order valence-corrected chi connectivity index (χ3v) is 7.64. The molecule has 3 aromatic rings. The van der Waals surface area contributed by atoms with Crippen LogP contribution in [0.5, 0.6) is 0 Å². The molecule has 158 valence electrons. The molecule has 0 saturated carbocycles. The molecule has 0 unspecified atom stereocenters. The van der Waals surface area contributed by atoms with Gasteiger partial charge in [0, 0.05) is 22.5 Å². The summed E-state index contributed by atoms with van der Waals surface area (Å²) >= 11 is 7.27. The van der Waals surface area contributed by atoms with E-state index in [0.29, 0.717) is 33.4 Å². The molecular formula is C21H21ClN2O4S2. The maximum absolute atomic E-state index is 13.4. The molecule has 2 aromatic carbocycles. The van der Waals surface area contributed by atoms with Gasteiger partial charge in [-0.25, -0.2) is 22.5 Å². The Morgan fingerprint density at radius 1 is 1.20 bits per heavy atom. The molecule has 9 heteroatoms. The zero-order chi connectivity index (χ0) is 22.1. The fourth-order valence-corrected chi connectivity index (χ4v) is 5.61. The lowest BCUT2D eigenvalue weighted by atomic mass is 10.0. The fourth-order valence-electron chi connectivity index (χ4n) is 2.99. The summed E-state index contributed by atoms with van der Waals surface area (Å²) in [4.78, 5) is 16.0. The van der Waals surface area contributed by atoms with Crippen molar-refractivity contribution in [1.82, 2.24) is 4.98 Å². The van der Waals surface area contributed by atoms with Gasteiger partial charge in [0.15, 0.2) is 5.82 Å². The Bertz CT molecular complexity index is 1190. The maximum atomic E-state index is 13.4. The summed E-state index contributed by atoms with van der Waals surface area (Å²) in [7, 11) is -3.99. The number of sulfonamides is 1. The van der Waals surface area contributed by atoms with Gasteiger partial charge >= 0.3 is 5.97 Å². The first-order valence-electron chi connectivity index (χ1n) is 9.24. The molecule has 0 saturated heterocycles. The van der Waals surface area contributed by atoms with Crippen molar-refractivity contribution in [3.8, 4) is 10.6 Å². The Morgan fingerprint density at radius 3 is 2.47 bits per heavy atom. The largest absolute Gasteiger partial charge is 0.478 e. The Morgan fingerprint density at radius 2 is 1.87 bits per heavy atom. The van der Waals surface area contributed by atoms with E-state index in [1.54, 1.807) is 31.4 Å². The predicted octanol–water partition coefficient (Wildman–Crippen LogP) is 5.38. The van der Waals surface area contributed by atoms with Gasteiger partial charge in [0.2, 0.25) is 0 Å². The van der Waals surface area contributed by atoms with E-state index in [9.17, 15) is 18.3 Å². The molecule has 0 bridgehead atoms. The number of anilines is 1. The van der Waals surface area contributed by atoms with E-state index < -0.39 is 16.0 Å².